The number of alkyl halides is 3. The minimum atomic E-state index is -4.63. The summed E-state index contributed by atoms with van der Waals surface area (Å²) in [5.41, 5.74) is 1.06. The van der Waals surface area contributed by atoms with Crippen molar-refractivity contribution < 1.29 is 17.6 Å². The molecule has 4 heteroatoms. The molecule has 0 radical (unpaired) electrons. The zero-order valence-electron chi connectivity index (χ0n) is 12.5. The molecule has 0 aliphatic heterocycles. The second-order valence-corrected chi connectivity index (χ2v) is 5.79. The standard InChI is InChI=1S/C18H20F4/c1-2-3-13-4-6-14(7-5-13)15-8-10-16(11-9-15)17(19)12-18(20,21)22/h2-3,8-14H,4-7H2,1H3. The topological polar surface area (TPSA) is 0 Å². The maximum atomic E-state index is 13.5. The summed E-state index contributed by atoms with van der Waals surface area (Å²) in [5, 5.41) is 0. The smallest absolute Gasteiger partial charge is 0.206 e. The molecule has 0 nitrogen and oxygen atoms in total. The number of halogens is 4. The van der Waals surface area contributed by atoms with Gasteiger partial charge in [-0.1, -0.05) is 36.4 Å². The van der Waals surface area contributed by atoms with Crippen LogP contribution in [0.4, 0.5) is 17.6 Å². The molecule has 1 aliphatic carbocycles. The van der Waals surface area contributed by atoms with Gasteiger partial charge in [0, 0.05) is 5.56 Å². The third-order valence-corrected chi connectivity index (χ3v) is 4.18. The van der Waals surface area contributed by atoms with Gasteiger partial charge < -0.3 is 0 Å². The van der Waals surface area contributed by atoms with Gasteiger partial charge in [-0.05, 0) is 50.0 Å². The number of hydrogen-bond acceptors (Lipinski definition) is 0. The van der Waals surface area contributed by atoms with Crippen LogP contribution in [0.1, 0.15) is 49.7 Å². The predicted molar refractivity (Wildman–Crippen MR) is 81.1 cm³/mol. The molecule has 0 spiro atoms. The molecule has 2 rings (SSSR count). The van der Waals surface area contributed by atoms with E-state index in [0.717, 1.165) is 31.2 Å². The summed E-state index contributed by atoms with van der Waals surface area (Å²) in [4.78, 5) is 0. The zero-order valence-corrected chi connectivity index (χ0v) is 12.5. The minimum absolute atomic E-state index is 0.0244. The second-order valence-electron chi connectivity index (χ2n) is 5.79. The summed E-state index contributed by atoms with van der Waals surface area (Å²) in [5.74, 6) is -0.186. The van der Waals surface area contributed by atoms with Crippen molar-refractivity contribution in [2.45, 2.75) is 44.7 Å². The molecule has 1 saturated carbocycles. The molecule has 0 bridgehead atoms. The normalized spacial score (nSPS) is 24.0. The largest absolute Gasteiger partial charge is 0.412 e. The van der Waals surface area contributed by atoms with Gasteiger partial charge in [0.2, 0.25) is 0 Å². The van der Waals surface area contributed by atoms with E-state index in [9.17, 15) is 17.6 Å². The van der Waals surface area contributed by atoms with E-state index >= 15 is 0 Å². The van der Waals surface area contributed by atoms with E-state index in [1.54, 1.807) is 12.1 Å². The summed E-state index contributed by atoms with van der Waals surface area (Å²) in [6.07, 6.45) is 3.76. The molecular weight excluding hydrogens is 292 g/mol. The Morgan fingerprint density at radius 1 is 1.05 bits per heavy atom. The number of benzene rings is 1. The second kappa shape index (κ2) is 7.12. The van der Waals surface area contributed by atoms with E-state index in [2.05, 4.69) is 12.2 Å². The van der Waals surface area contributed by atoms with Crippen LogP contribution in [0.2, 0.25) is 0 Å². The van der Waals surface area contributed by atoms with E-state index < -0.39 is 12.0 Å². The highest BCUT2D eigenvalue weighted by Gasteiger charge is 2.25. The molecule has 1 aromatic carbocycles. The van der Waals surface area contributed by atoms with Gasteiger partial charge in [-0.25, -0.2) is 4.39 Å². The monoisotopic (exact) mass is 312 g/mol. The van der Waals surface area contributed by atoms with Crippen molar-refractivity contribution in [3.05, 3.63) is 53.6 Å². The maximum Gasteiger partial charge on any atom is 0.412 e. The highest BCUT2D eigenvalue weighted by Crippen LogP contribution is 2.36. The van der Waals surface area contributed by atoms with Gasteiger partial charge >= 0.3 is 6.18 Å². The van der Waals surface area contributed by atoms with E-state index in [1.165, 1.54) is 12.1 Å². The van der Waals surface area contributed by atoms with Crippen LogP contribution in [0.25, 0.3) is 5.83 Å². The van der Waals surface area contributed by atoms with Crippen molar-refractivity contribution in [2.75, 3.05) is 0 Å². The molecule has 0 atom stereocenters. The Labute approximate surface area is 128 Å². The van der Waals surface area contributed by atoms with Gasteiger partial charge in [0.1, 0.15) is 5.83 Å². The fourth-order valence-corrected chi connectivity index (χ4v) is 3.06. The Morgan fingerprint density at radius 2 is 1.64 bits per heavy atom. The summed E-state index contributed by atoms with van der Waals surface area (Å²) in [6, 6.07) is 6.37. The van der Waals surface area contributed by atoms with Crippen LogP contribution in [0.3, 0.4) is 0 Å². The number of hydrogen-bond donors (Lipinski definition) is 0. The van der Waals surface area contributed by atoms with E-state index in [0.29, 0.717) is 11.8 Å². The average molecular weight is 312 g/mol. The number of rotatable bonds is 3. The first kappa shape index (κ1) is 16.8. The molecule has 1 aliphatic rings. The third kappa shape index (κ3) is 4.72. The summed E-state index contributed by atoms with van der Waals surface area (Å²) in [6.45, 7) is 2.02. The molecule has 0 heterocycles. The van der Waals surface area contributed by atoms with Gasteiger partial charge in [0.05, 0.1) is 6.08 Å². The van der Waals surface area contributed by atoms with Crippen molar-refractivity contribution in [3.63, 3.8) is 0 Å². The van der Waals surface area contributed by atoms with Gasteiger partial charge in [0.25, 0.3) is 0 Å². The maximum absolute atomic E-state index is 13.5. The summed E-state index contributed by atoms with van der Waals surface area (Å²) in [7, 11) is 0. The van der Waals surface area contributed by atoms with Gasteiger partial charge in [0.15, 0.2) is 0 Å². The molecule has 120 valence electrons. The van der Waals surface area contributed by atoms with Crippen molar-refractivity contribution >= 4 is 5.83 Å². The van der Waals surface area contributed by atoms with Gasteiger partial charge in [-0.2, -0.15) is 13.2 Å². The molecule has 22 heavy (non-hydrogen) atoms. The van der Waals surface area contributed by atoms with Crippen LogP contribution < -0.4 is 0 Å². The summed E-state index contributed by atoms with van der Waals surface area (Å²) >= 11 is 0. The summed E-state index contributed by atoms with van der Waals surface area (Å²) < 4.78 is 49.9. The third-order valence-electron chi connectivity index (χ3n) is 4.18. The van der Waals surface area contributed by atoms with Crippen molar-refractivity contribution in [1.29, 1.82) is 0 Å². The Hall–Kier alpha value is -1.58. The van der Waals surface area contributed by atoms with E-state index in [1.807, 2.05) is 6.92 Å². The van der Waals surface area contributed by atoms with Crippen LogP contribution >= 0.6 is 0 Å². The van der Waals surface area contributed by atoms with Crippen LogP contribution in [-0.2, 0) is 0 Å². The molecule has 0 N–H and O–H groups in total. The molecule has 1 aromatic rings. The van der Waals surface area contributed by atoms with Crippen LogP contribution in [0, 0.1) is 5.92 Å². The lowest BCUT2D eigenvalue weighted by Crippen LogP contribution is -2.11. The van der Waals surface area contributed by atoms with Crippen LogP contribution in [0.15, 0.2) is 42.5 Å². The SMILES string of the molecule is CC=CC1CCC(c2ccc(C(F)=CC(F)(F)F)cc2)CC1. The Bertz CT molecular complexity index is 529. The lowest BCUT2D eigenvalue weighted by Gasteiger charge is -2.27. The fourth-order valence-electron chi connectivity index (χ4n) is 3.06. The Balaban J connectivity index is 2.02. The highest BCUT2D eigenvalue weighted by atomic mass is 19.4. The molecular formula is C18H20F4. The van der Waals surface area contributed by atoms with Crippen molar-refractivity contribution in [1.82, 2.24) is 0 Å². The van der Waals surface area contributed by atoms with E-state index in [4.69, 9.17) is 0 Å². The highest BCUT2D eigenvalue weighted by molar-refractivity contribution is 5.59. The Kier molecular flexibility index (Phi) is 5.43. The predicted octanol–water partition coefficient (Wildman–Crippen LogP) is 6.41. The quantitative estimate of drug-likeness (QED) is 0.447. The molecule has 0 amide bonds. The average Bonchev–Trinajstić information content (AvgIpc) is 2.47. The first-order valence-electron chi connectivity index (χ1n) is 7.57. The first-order chi connectivity index (χ1) is 10.4. The van der Waals surface area contributed by atoms with Crippen molar-refractivity contribution in [2.24, 2.45) is 5.92 Å². The molecule has 1 fully saturated rings. The molecule has 0 aromatic heterocycles. The molecule has 0 saturated heterocycles. The van der Waals surface area contributed by atoms with E-state index in [-0.39, 0.29) is 11.6 Å². The lowest BCUT2D eigenvalue weighted by molar-refractivity contribution is -0.0798. The Morgan fingerprint density at radius 3 is 2.14 bits per heavy atom. The van der Waals surface area contributed by atoms with Crippen molar-refractivity contribution in [3.8, 4) is 0 Å². The van der Waals surface area contributed by atoms with Crippen LogP contribution in [0.5, 0.6) is 0 Å². The molecule has 0 unspecified atom stereocenters. The lowest BCUT2D eigenvalue weighted by atomic mass is 9.78. The fraction of sp³-hybridized carbons (Fsp3) is 0.444. The van der Waals surface area contributed by atoms with Crippen LogP contribution in [-0.4, -0.2) is 6.18 Å². The first-order valence-corrected chi connectivity index (χ1v) is 7.57. The van der Waals surface area contributed by atoms with Gasteiger partial charge in [-0.15, -0.1) is 0 Å². The number of allylic oxidation sites excluding steroid dienone is 3. The minimum Gasteiger partial charge on any atom is -0.206 e. The van der Waals surface area contributed by atoms with Gasteiger partial charge in [-0.3, -0.25) is 0 Å². The zero-order chi connectivity index (χ0) is 16.2.